The van der Waals surface area contributed by atoms with Gasteiger partial charge in [-0.1, -0.05) is 0 Å². The second-order valence-corrected chi connectivity index (χ2v) is 2.60. The predicted octanol–water partition coefficient (Wildman–Crippen LogP) is 0.264. The zero-order valence-electron chi connectivity index (χ0n) is 5.92. The Morgan fingerprint density at radius 1 is 1.50 bits per heavy atom. The summed E-state index contributed by atoms with van der Waals surface area (Å²) in [6, 6.07) is 1.77. The van der Waals surface area contributed by atoms with E-state index < -0.39 is 0 Å². The Bertz CT molecular complexity index is 135. The first-order chi connectivity index (χ1) is 4.84. The molecule has 3 nitrogen and oxygen atoms in total. The SMILES string of the molecule is N#C[C@@H](N)C1CCOCC1. The lowest BCUT2D eigenvalue weighted by Crippen LogP contribution is -2.32. The first-order valence-corrected chi connectivity index (χ1v) is 3.57. The predicted molar refractivity (Wildman–Crippen MR) is 37.1 cm³/mol. The number of nitrogens with zero attached hydrogens (tertiary/aromatic N) is 1. The molecule has 0 aromatic rings. The molecule has 56 valence electrons. The number of ether oxygens (including phenoxy) is 1. The van der Waals surface area contributed by atoms with Crippen LogP contribution in [0.3, 0.4) is 0 Å². The molecular formula is C7H12N2O. The lowest BCUT2D eigenvalue weighted by molar-refractivity contribution is 0.0635. The number of rotatable bonds is 1. The highest BCUT2D eigenvalue weighted by Crippen LogP contribution is 2.16. The summed E-state index contributed by atoms with van der Waals surface area (Å²) >= 11 is 0. The number of nitriles is 1. The van der Waals surface area contributed by atoms with E-state index in [9.17, 15) is 0 Å². The van der Waals surface area contributed by atoms with E-state index in [4.69, 9.17) is 15.7 Å². The minimum Gasteiger partial charge on any atom is -0.381 e. The van der Waals surface area contributed by atoms with Crippen molar-refractivity contribution in [3.8, 4) is 6.07 Å². The smallest absolute Gasteiger partial charge is 0.0958 e. The van der Waals surface area contributed by atoms with Crippen molar-refractivity contribution in [1.82, 2.24) is 0 Å². The minimum absolute atomic E-state index is 0.288. The third kappa shape index (κ3) is 1.69. The first kappa shape index (κ1) is 7.52. The largest absolute Gasteiger partial charge is 0.381 e. The van der Waals surface area contributed by atoms with Gasteiger partial charge in [-0.25, -0.2) is 0 Å². The fourth-order valence-corrected chi connectivity index (χ4v) is 1.18. The van der Waals surface area contributed by atoms with Gasteiger partial charge in [0.2, 0.25) is 0 Å². The summed E-state index contributed by atoms with van der Waals surface area (Å²) in [6.07, 6.45) is 1.88. The summed E-state index contributed by atoms with van der Waals surface area (Å²) in [6.45, 7) is 1.53. The van der Waals surface area contributed by atoms with Gasteiger partial charge in [0.1, 0.15) is 0 Å². The van der Waals surface area contributed by atoms with E-state index in [-0.39, 0.29) is 6.04 Å². The molecule has 1 aliphatic heterocycles. The van der Waals surface area contributed by atoms with E-state index in [1.54, 1.807) is 0 Å². The molecule has 0 radical (unpaired) electrons. The standard InChI is InChI=1S/C7H12N2O/c8-5-7(9)6-1-3-10-4-2-6/h6-7H,1-4,9H2/t7-/m1/s1. The maximum atomic E-state index is 8.47. The van der Waals surface area contributed by atoms with Crippen LogP contribution in [-0.4, -0.2) is 19.3 Å². The molecule has 0 aliphatic carbocycles. The molecule has 0 aromatic carbocycles. The van der Waals surface area contributed by atoms with Crippen LogP contribution < -0.4 is 5.73 Å². The number of nitrogens with two attached hydrogens (primary N) is 1. The van der Waals surface area contributed by atoms with E-state index >= 15 is 0 Å². The van der Waals surface area contributed by atoms with E-state index in [1.165, 1.54) is 0 Å². The highest BCUT2D eigenvalue weighted by Gasteiger charge is 2.19. The minimum atomic E-state index is -0.288. The lowest BCUT2D eigenvalue weighted by Gasteiger charge is -2.23. The van der Waals surface area contributed by atoms with E-state index in [1.807, 2.05) is 0 Å². The van der Waals surface area contributed by atoms with Crippen LogP contribution in [0.4, 0.5) is 0 Å². The van der Waals surface area contributed by atoms with Gasteiger partial charge in [0.05, 0.1) is 12.1 Å². The third-order valence-electron chi connectivity index (χ3n) is 1.92. The molecule has 0 aromatic heterocycles. The number of hydrogen-bond acceptors (Lipinski definition) is 3. The first-order valence-electron chi connectivity index (χ1n) is 3.57. The molecule has 10 heavy (non-hydrogen) atoms. The summed E-state index contributed by atoms with van der Waals surface area (Å²) in [5.74, 6) is 0.360. The maximum absolute atomic E-state index is 8.47. The molecule has 0 amide bonds. The molecule has 1 atom stereocenters. The van der Waals surface area contributed by atoms with Crippen molar-refractivity contribution in [2.45, 2.75) is 18.9 Å². The summed E-state index contributed by atoms with van der Waals surface area (Å²) in [5, 5.41) is 8.47. The zero-order valence-corrected chi connectivity index (χ0v) is 5.92. The summed E-state index contributed by atoms with van der Waals surface area (Å²) in [4.78, 5) is 0. The van der Waals surface area contributed by atoms with Crippen molar-refractivity contribution in [3.63, 3.8) is 0 Å². The quantitative estimate of drug-likeness (QED) is 0.568. The maximum Gasteiger partial charge on any atom is 0.0958 e. The third-order valence-corrected chi connectivity index (χ3v) is 1.92. The van der Waals surface area contributed by atoms with Crippen LogP contribution in [0.25, 0.3) is 0 Å². The van der Waals surface area contributed by atoms with Gasteiger partial charge in [0, 0.05) is 13.2 Å². The lowest BCUT2D eigenvalue weighted by atomic mass is 9.93. The van der Waals surface area contributed by atoms with Crippen LogP contribution in [0.5, 0.6) is 0 Å². The van der Waals surface area contributed by atoms with E-state index in [2.05, 4.69) is 6.07 Å². The Hall–Kier alpha value is -0.590. The van der Waals surface area contributed by atoms with Crippen LogP contribution in [0.15, 0.2) is 0 Å². The molecule has 1 fully saturated rings. The summed E-state index contributed by atoms with van der Waals surface area (Å²) in [7, 11) is 0. The van der Waals surface area contributed by atoms with Crippen molar-refractivity contribution < 1.29 is 4.74 Å². The molecule has 2 N–H and O–H groups in total. The monoisotopic (exact) mass is 140 g/mol. The Morgan fingerprint density at radius 3 is 2.60 bits per heavy atom. The van der Waals surface area contributed by atoms with Crippen molar-refractivity contribution >= 4 is 0 Å². The highest BCUT2D eigenvalue weighted by molar-refractivity contribution is 4.92. The van der Waals surface area contributed by atoms with E-state index in [0.717, 1.165) is 26.1 Å². The van der Waals surface area contributed by atoms with Gasteiger partial charge in [0.25, 0.3) is 0 Å². The van der Waals surface area contributed by atoms with Crippen molar-refractivity contribution in [2.75, 3.05) is 13.2 Å². The molecule has 1 rings (SSSR count). The van der Waals surface area contributed by atoms with Gasteiger partial charge in [-0.05, 0) is 18.8 Å². The average Bonchev–Trinajstić information content (AvgIpc) is 2.05. The molecule has 0 saturated carbocycles. The molecule has 1 saturated heterocycles. The molecule has 0 spiro atoms. The molecule has 1 heterocycles. The normalized spacial score (nSPS) is 23.6. The molecule has 1 aliphatic rings. The van der Waals surface area contributed by atoms with Gasteiger partial charge in [-0.15, -0.1) is 0 Å². The fraction of sp³-hybridized carbons (Fsp3) is 0.857. The van der Waals surface area contributed by atoms with Crippen molar-refractivity contribution in [1.29, 1.82) is 5.26 Å². The second kappa shape index (κ2) is 3.55. The van der Waals surface area contributed by atoms with Crippen molar-refractivity contribution in [3.05, 3.63) is 0 Å². The molecular weight excluding hydrogens is 128 g/mol. The topological polar surface area (TPSA) is 59.0 Å². The Morgan fingerprint density at radius 2 is 2.10 bits per heavy atom. The summed E-state index contributed by atoms with van der Waals surface area (Å²) in [5.41, 5.74) is 5.53. The van der Waals surface area contributed by atoms with Gasteiger partial charge in [0.15, 0.2) is 0 Å². The van der Waals surface area contributed by atoms with Crippen molar-refractivity contribution in [2.24, 2.45) is 11.7 Å². The average molecular weight is 140 g/mol. The van der Waals surface area contributed by atoms with Crippen LogP contribution >= 0.6 is 0 Å². The van der Waals surface area contributed by atoms with Crippen LogP contribution in [-0.2, 0) is 4.74 Å². The summed E-state index contributed by atoms with van der Waals surface area (Å²) < 4.78 is 5.13. The number of hydrogen-bond donors (Lipinski definition) is 1. The fourth-order valence-electron chi connectivity index (χ4n) is 1.18. The van der Waals surface area contributed by atoms with Crippen LogP contribution in [0.1, 0.15) is 12.8 Å². The van der Waals surface area contributed by atoms with Gasteiger partial charge >= 0.3 is 0 Å². The molecule has 3 heteroatoms. The van der Waals surface area contributed by atoms with Gasteiger partial charge in [-0.2, -0.15) is 5.26 Å². The van der Waals surface area contributed by atoms with E-state index in [0.29, 0.717) is 5.92 Å². The molecule has 0 bridgehead atoms. The second-order valence-electron chi connectivity index (χ2n) is 2.60. The molecule has 0 unspecified atom stereocenters. The Balaban J connectivity index is 2.33. The van der Waals surface area contributed by atoms with Gasteiger partial charge in [-0.3, -0.25) is 0 Å². The Kier molecular flexibility index (Phi) is 2.67. The highest BCUT2D eigenvalue weighted by atomic mass is 16.5. The van der Waals surface area contributed by atoms with Crippen LogP contribution in [0, 0.1) is 17.2 Å². The zero-order chi connectivity index (χ0) is 7.40. The Labute approximate surface area is 60.8 Å². The van der Waals surface area contributed by atoms with Crippen LogP contribution in [0.2, 0.25) is 0 Å². The van der Waals surface area contributed by atoms with Gasteiger partial charge < -0.3 is 10.5 Å².